The van der Waals surface area contributed by atoms with Gasteiger partial charge >= 0.3 is 0 Å². The predicted molar refractivity (Wildman–Crippen MR) is 99.6 cm³/mol. The average molecular weight is 473 g/mol. The number of hydrogen-bond acceptors (Lipinski definition) is 4. The summed E-state index contributed by atoms with van der Waals surface area (Å²) in [6, 6.07) is 7.86. The van der Waals surface area contributed by atoms with Gasteiger partial charge in [0, 0.05) is 23.1 Å². The standard InChI is InChI=1S/C16H11Br2NO4S/c1-24(22,23)9-2-3-14-10(7-9)11(16(21)19-14)4-8-5-12(17)15(20)13(18)6-8/h2-7,20H,1H3,(H,19,21)/b11-4-. The topological polar surface area (TPSA) is 83.5 Å². The molecule has 1 aliphatic heterocycles. The lowest BCUT2D eigenvalue weighted by Gasteiger charge is -2.05. The van der Waals surface area contributed by atoms with Crippen LogP contribution < -0.4 is 5.32 Å². The summed E-state index contributed by atoms with van der Waals surface area (Å²) in [6.07, 6.45) is 2.76. The molecule has 2 aromatic rings. The minimum atomic E-state index is -3.37. The first-order valence-electron chi connectivity index (χ1n) is 6.72. The van der Waals surface area contributed by atoms with E-state index >= 15 is 0 Å². The van der Waals surface area contributed by atoms with Crippen molar-refractivity contribution >= 4 is 64.9 Å². The number of halogens is 2. The molecule has 2 N–H and O–H groups in total. The van der Waals surface area contributed by atoms with Gasteiger partial charge in [-0.15, -0.1) is 0 Å². The number of fused-ring (bicyclic) bond motifs is 1. The normalized spacial score (nSPS) is 15.5. The third-order valence-electron chi connectivity index (χ3n) is 3.55. The molecule has 0 saturated carbocycles. The van der Waals surface area contributed by atoms with Gasteiger partial charge in [0.25, 0.3) is 5.91 Å². The Balaban J connectivity index is 2.16. The van der Waals surface area contributed by atoms with Crippen molar-refractivity contribution < 1.29 is 18.3 Å². The molecule has 1 amide bonds. The highest BCUT2D eigenvalue weighted by molar-refractivity contribution is 9.11. The molecule has 0 saturated heterocycles. The van der Waals surface area contributed by atoms with Gasteiger partial charge in [0.2, 0.25) is 0 Å². The lowest BCUT2D eigenvalue weighted by molar-refractivity contribution is -0.110. The highest BCUT2D eigenvalue weighted by Crippen LogP contribution is 2.37. The predicted octanol–water partition coefficient (Wildman–Crippen LogP) is 3.81. The number of phenolic OH excluding ortho intramolecular Hbond substituents is 1. The van der Waals surface area contributed by atoms with Crippen LogP contribution in [0.2, 0.25) is 0 Å². The molecule has 0 aliphatic carbocycles. The summed E-state index contributed by atoms with van der Waals surface area (Å²) in [5.41, 5.74) is 2.13. The highest BCUT2D eigenvalue weighted by atomic mass is 79.9. The molecule has 0 atom stereocenters. The Morgan fingerprint density at radius 2 is 1.75 bits per heavy atom. The Hall–Kier alpha value is -1.64. The summed E-state index contributed by atoms with van der Waals surface area (Å²) in [6.45, 7) is 0. The molecule has 0 aromatic heterocycles. The summed E-state index contributed by atoms with van der Waals surface area (Å²) in [4.78, 5) is 12.4. The van der Waals surface area contributed by atoms with Gasteiger partial charge in [-0.1, -0.05) is 0 Å². The summed E-state index contributed by atoms with van der Waals surface area (Å²) in [5.74, 6) is -0.247. The van der Waals surface area contributed by atoms with Crippen LogP contribution in [0.15, 0.2) is 44.2 Å². The SMILES string of the molecule is CS(=O)(=O)c1ccc2c(c1)/C(=C/c1cc(Br)c(O)c(Br)c1)C(=O)N2. The maximum atomic E-state index is 12.2. The summed E-state index contributed by atoms with van der Waals surface area (Å²) >= 11 is 6.48. The second-order valence-electron chi connectivity index (χ2n) is 5.32. The molecule has 3 rings (SSSR count). The molecule has 24 heavy (non-hydrogen) atoms. The molecule has 5 nitrogen and oxygen atoms in total. The molecular formula is C16H11Br2NO4S. The van der Waals surface area contributed by atoms with Crippen molar-refractivity contribution in [3.05, 3.63) is 50.4 Å². The van der Waals surface area contributed by atoms with Gasteiger partial charge in [-0.2, -0.15) is 0 Å². The molecule has 1 heterocycles. The number of carbonyl (C=O) groups is 1. The van der Waals surface area contributed by atoms with Crippen LogP contribution in [-0.2, 0) is 14.6 Å². The van der Waals surface area contributed by atoms with E-state index in [-0.39, 0.29) is 16.6 Å². The number of sulfone groups is 1. The number of phenols is 1. The van der Waals surface area contributed by atoms with E-state index in [1.165, 1.54) is 12.1 Å². The quantitative estimate of drug-likeness (QED) is 0.651. The molecule has 0 radical (unpaired) electrons. The zero-order valence-electron chi connectivity index (χ0n) is 12.3. The lowest BCUT2D eigenvalue weighted by Crippen LogP contribution is -2.03. The molecule has 0 fully saturated rings. The molecule has 8 heteroatoms. The summed E-state index contributed by atoms with van der Waals surface area (Å²) in [7, 11) is -3.37. The fraction of sp³-hybridized carbons (Fsp3) is 0.0625. The number of nitrogens with one attached hydrogen (secondary N) is 1. The second-order valence-corrected chi connectivity index (χ2v) is 9.05. The summed E-state index contributed by atoms with van der Waals surface area (Å²) < 4.78 is 24.4. The van der Waals surface area contributed by atoms with Crippen molar-refractivity contribution in [2.45, 2.75) is 4.90 Å². The van der Waals surface area contributed by atoms with Crippen LogP contribution in [0, 0.1) is 0 Å². The molecule has 1 aliphatic rings. The zero-order chi connectivity index (χ0) is 17.6. The van der Waals surface area contributed by atoms with Crippen molar-refractivity contribution in [2.24, 2.45) is 0 Å². The van der Waals surface area contributed by atoms with E-state index in [2.05, 4.69) is 37.2 Å². The van der Waals surface area contributed by atoms with Gasteiger partial charge in [-0.25, -0.2) is 8.42 Å². The Bertz CT molecular complexity index is 990. The highest BCUT2D eigenvalue weighted by Gasteiger charge is 2.25. The number of anilines is 1. The smallest absolute Gasteiger partial charge is 0.256 e. The molecule has 0 unspecified atom stereocenters. The van der Waals surface area contributed by atoms with Crippen molar-refractivity contribution in [3.8, 4) is 5.75 Å². The fourth-order valence-corrected chi connectivity index (χ4v) is 4.25. The minimum absolute atomic E-state index is 0.0628. The van der Waals surface area contributed by atoms with Gasteiger partial charge in [0.1, 0.15) is 5.75 Å². The Kier molecular flexibility index (Phi) is 4.31. The van der Waals surface area contributed by atoms with Crippen LogP contribution in [0.1, 0.15) is 11.1 Å². The monoisotopic (exact) mass is 471 g/mol. The third-order valence-corrected chi connectivity index (χ3v) is 5.87. The van der Waals surface area contributed by atoms with Crippen molar-refractivity contribution in [2.75, 3.05) is 11.6 Å². The maximum absolute atomic E-state index is 12.2. The van der Waals surface area contributed by atoms with Crippen LogP contribution in [0.3, 0.4) is 0 Å². The van der Waals surface area contributed by atoms with Crippen LogP contribution in [0.25, 0.3) is 11.6 Å². The lowest BCUT2D eigenvalue weighted by atomic mass is 10.0. The number of aromatic hydroxyl groups is 1. The van der Waals surface area contributed by atoms with E-state index in [9.17, 15) is 18.3 Å². The van der Waals surface area contributed by atoms with Gasteiger partial charge in [0.05, 0.1) is 13.8 Å². The van der Waals surface area contributed by atoms with Crippen LogP contribution in [0.4, 0.5) is 5.69 Å². The first kappa shape index (κ1) is 17.2. The fourth-order valence-electron chi connectivity index (χ4n) is 2.38. The number of rotatable bonds is 2. The number of hydrogen-bond donors (Lipinski definition) is 2. The van der Waals surface area contributed by atoms with Gasteiger partial charge < -0.3 is 10.4 Å². The maximum Gasteiger partial charge on any atom is 0.256 e. The largest absolute Gasteiger partial charge is 0.506 e. The van der Waals surface area contributed by atoms with E-state index < -0.39 is 9.84 Å². The number of benzene rings is 2. The molecule has 0 bridgehead atoms. The molecular weight excluding hydrogens is 462 g/mol. The van der Waals surface area contributed by atoms with Gasteiger partial charge in [-0.3, -0.25) is 4.79 Å². The third kappa shape index (κ3) is 3.13. The van der Waals surface area contributed by atoms with E-state index in [4.69, 9.17) is 0 Å². The van der Waals surface area contributed by atoms with Crippen LogP contribution in [-0.4, -0.2) is 25.7 Å². The van der Waals surface area contributed by atoms with E-state index in [1.54, 1.807) is 24.3 Å². The molecule has 2 aromatic carbocycles. The minimum Gasteiger partial charge on any atom is -0.506 e. The number of amides is 1. The Labute approximate surface area is 155 Å². The number of carbonyl (C=O) groups excluding carboxylic acids is 1. The first-order chi connectivity index (χ1) is 11.2. The van der Waals surface area contributed by atoms with Crippen LogP contribution >= 0.6 is 31.9 Å². The van der Waals surface area contributed by atoms with Gasteiger partial charge in [-0.05, 0) is 73.8 Å². The average Bonchev–Trinajstić information content (AvgIpc) is 2.79. The molecule has 124 valence electrons. The summed E-state index contributed by atoms with van der Waals surface area (Å²) in [5, 5.41) is 12.5. The van der Waals surface area contributed by atoms with E-state index in [1.807, 2.05) is 0 Å². The molecule has 0 spiro atoms. The van der Waals surface area contributed by atoms with E-state index in [0.717, 1.165) is 6.26 Å². The second kappa shape index (κ2) is 6.02. The Morgan fingerprint density at radius 1 is 1.12 bits per heavy atom. The first-order valence-corrected chi connectivity index (χ1v) is 10.2. The van der Waals surface area contributed by atoms with Crippen molar-refractivity contribution in [3.63, 3.8) is 0 Å². The van der Waals surface area contributed by atoms with E-state index in [0.29, 0.717) is 31.3 Å². The zero-order valence-corrected chi connectivity index (χ0v) is 16.3. The van der Waals surface area contributed by atoms with Crippen molar-refractivity contribution in [1.82, 2.24) is 0 Å². The van der Waals surface area contributed by atoms with Crippen LogP contribution in [0.5, 0.6) is 5.75 Å². The van der Waals surface area contributed by atoms with Crippen molar-refractivity contribution in [1.29, 1.82) is 0 Å². The van der Waals surface area contributed by atoms with Gasteiger partial charge in [0.15, 0.2) is 9.84 Å². The Morgan fingerprint density at radius 3 is 2.33 bits per heavy atom.